The molecular weight excluding hydrogens is 310 g/mol. The summed E-state index contributed by atoms with van der Waals surface area (Å²) in [5.74, 6) is 0.142. The van der Waals surface area contributed by atoms with Gasteiger partial charge in [-0.15, -0.1) is 0 Å². The molecule has 1 aliphatic carbocycles. The van der Waals surface area contributed by atoms with Gasteiger partial charge in [-0.1, -0.05) is 29.8 Å². The first-order valence-electron chi connectivity index (χ1n) is 8.30. The highest BCUT2D eigenvalue weighted by molar-refractivity contribution is 7.90. The van der Waals surface area contributed by atoms with Crippen molar-refractivity contribution >= 4 is 15.7 Å². The molecule has 1 aromatic rings. The van der Waals surface area contributed by atoms with E-state index in [1.807, 2.05) is 11.8 Å². The summed E-state index contributed by atoms with van der Waals surface area (Å²) in [5, 5.41) is 0. The van der Waals surface area contributed by atoms with Gasteiger partial charge >= 0.3 is 0 Å². The molecule has 5 heteroatoms. The topological polar surface area (TPSA) is 54.5 Å². The monoisotopic (exact) mass is 337 g/mol. The second-order valence-corrected chi connectivity index (χ2v) is 9.00. The van der Waals surface area contributed by atoms with Crippen molar-refractivity contribution in [2.24, 2.45) is 0 Å². The summed E-state index contributed by atoms with van der Waals surface area (Å²) >= 11 is 0. The van der Waals surface area contributed by atoms with Crippen LogP contribution in [0, 0.1) is 6.92 Å². The molecule has 1 aliphatic rings. The zero-order valence-corrected chi connectivity index (χ0v) is 15.1. The van der Waals surface area contributed by atoms with Crippen LogP contribution in [0.1, 0.15) is 43.7 Å². The van der Waals surface area contributed by atoms with Crippen molar-refractivity contribution in [2.75, 3.05) is 12.0 Å². The second-order valence-electron chi connectivity index (χ2n) is 6.81. The number of nitrogens with zero attached hydrogens (tertiary/aromatic N) is 1. The molecule has 2 rings (SSSR count). The number of amides is 1. The zero-order chi connectivity index (χ0) is 17.0. The van der Waals surface area contributed by atoms with E-state index < -0.39 is 9.84 Å². The van der Waals surface area contributed by atoms with Gasteiger partial charge in [-0.05, 0) is 45.1 Å². The lowest BCUT2D eigenvalue weighted by atomic mass is 10.1. The lowest BCUT2D eigenvalue weighted by molar-refractivity contribution is -0.133. The number of hydrogen-bond donors (Lipinski definition) is 0. The highest BCUT2D eigenvalue weighted by atomic mass is 32.2. The third-order valence-electron chi connectivity index (χ3n) is 4.22. The molecule has 4 nitrogen and oxygen atoms in total. The van der Waals surface area contributed by atoms with Crippen molar-refractivity contribution in [3.63, 3.8) is 0 Å². The van der Waals surface area contributed by atoms with Crippen molar-refractivity contribution in [2.45, 2.75) is 58.0 Å². The van der Waals surface area contributed by atoms with Gasteiger partial charge in [0.05, 0.1) is 5.75 Å². The summed E-state index contributed by atoms with van der Waals surface area (Å²) in [4.78, 5) is 14.3. The van der Waals surface area contributed by atoms with Crippen molar-refractivity contribution in [3.05, 3.63) is 35.4 Å². The molecule has 1 fully saturated rings. The number of benzene rings is 1. The summed E-state index contributed by atoms with van der Waals surface area (Å²) in [7, 11) is -3.07. The molecule has 23 heavy (non-hydrogen) atoms. The molecule has 128 valence electrons. The lowest BCUT2D eigenvalue weighted by Gasteiger charge is -2.29. The number of carbonyl (C=O) groups is 1. The van der Waals surface area contributed by atoms with Gasteiger partial charge in [0.2, 0.25) is 5.91 Å². The van der Waals surface area contributed by atoms with Gasteiger partial charge in [0.15, 0.2) is 0 Å². The van der Waals surface area contributed by atoms with Crippen LogP contribution in [0.3, 0.4) is 0 Å². The molecule has 1 amide bonds. The normalized spacial score (nSPS) is 16.1. The van der Waals surface area contributed by atoms with Crippen LogP contribution in [0.25, 0.3) is 0 Å². The number of aryl methyl sites for hydroxylation is 2. The maximum absolute atomic E-state index is 12.5. The van der Waals surface area contributed by atoms with Crippen molar-refractivity contribution < 1.29 is 13.2 Å². The fourth-order valence-corrected chi connectivity index (χ4v) is 4.04. The van der Waals surface area contributed by atoms with Gasteiger partial charge in [-0.25, -0.2) is 8.42 Å². The standard InChI is InChI=1S/C18H27NO3S/c1-14-7-9-16(10-8-14)5-4-6-18(20)19(17-11-12-17)15(2)13-23(3,21)22/h7-10,15,17H,4-6,11-13H2,1-3H3/t15-/m0/s1. The van der Waals surface area contributed by atoms with Crippen molar-refractivity contribution in [1.29, 1.82) is 0 Å². The first-order valence-corrected chi connectivity index (χ1v) is 10.4. The van der Waals surface area contributed by atoms with Crippen LogP contribution < -0.4 is 0 Å². The Balaban J connectivity index is 1.87. The molecule has 0 unspecified atom stereocenters. The summed E-state index contributed by atoms with van der Waals surface area (Å²) in [6.45, 7) is 3.90. The Kier molecular flexibility index (Phi) is 5.84. The Morgan fingerprint density at radius 1 is 1.26 bits per heavy atom. The average molecular weight is 337 g/mol. The van der Waals surface area contributed by atoms with Crippen molar-refractivity contribution in [3.8, 4) is 0 Å². The van der Waals surface area contributed by atoms with Crippen LogP contribution in [0.5, 0.6) is 0 Å². The molecule has 0 aromatic heterocycles. The maximum atomic E-state index is 12.5. The quantitative estimate of drug-likeness (QED) is 0.733. The minimum Gasteiger partial charge on any atom is -0.336 e. The van der Waals surface area contributed by atoms with Gasteiger partial charge in [-0.3, -0.25) is 4.79 Å². The Bertz CT molecular complexity index is 633. The van der Waals surface area contributed by atoms with Gasteiger partial charge in [0, 0.05) is 24.8 Å². The third kappa shape index (κ3) is 5.98. The average Bonchev–Trinajstić information content (AvgIpc) is 3.24. The molecular formula is C18H27NO3S. The van der Waals surface area contributed by atoms with Crippen LogP contribution in [-0.4, -0.2) is 43.3 Å². The Morgan fingerprint density at radius 2 is 1.87 bits per heavy atom. The van der Waals surface area contributed by atoms with E-state index in [0.717, 1.165) is 25.7 Å². The zero-order valence-electron chi connectivity index (χ0n) is 14.3. The molecule has 0 heterocycles. The largest absolute Gasteiger partial charge is 0.336 e. The Morgan fingerprint density at radius 3 is 2.39 bits per heavy atom. The van der Waals surface area contributed by atoms with Crippen LogP contribution in [0.2, 0.25) is 0 Å². The van der Waals surface area contributed by atoms with Crippen LogP contribution in [-0.2, 0) is 21.1 Å². The first kappa shape index (κ1) is 18.0. The summed E-state index contributed by atoms with van der Waals surface area (Å²) in [5.41, 5.74) is 2.48. The molecule has 1 atom stereocenters. The lowest BCUT2D eigenvalue weighted by Crippen LogP contribution is -2.43. The van der Waals surface area contributed by atoms with E-state index in [2.05, 4.69) is 31.2 Å². The molecule has 0 aliphatic heterocycles. The molecule has 0 saturated heterocycles. The van der Waals surface area contributed by atoms with E-state index in [-0.39, 0.29) is 23.7 Å². The highest BCUT2D eigenvalue weighted by Gasteiger charge is 2.36. The molecule has 1 aromatic carbocycles. The van der Waals surface area contributed by atoms with Crippen LogP contribution in [0.4, 0.5) is 0 Å². The molecule has 0 bridgehead atoms. The fraction of sp³-hybridized carbons (Fsp3) is 0.611. The smallest absolute Gasteiger partial charge is 0.223 e. The minimum absolute atomic E-state index is 0.0488. The molecule has 0 radical (unpaired) electrons. The van der Waals surface area contributed by atoms with E-state index in [0.29, 0.717) is 6.42 Å². The number of rotatable bonds is 8. The van der Waals surface area contributed by atoms with Crippen molar-refractivity contribution in [1.82, 2.24) is 4.90 Å². The summed E-state index contributed by atoms with van der Waals surface area (Å²) in [6.07, 6.45) is 5.40. The predicted molar refractivity (Wildman–Crippen MR) is 93.2 cm³/mol. The van der Waals surface area contributed by atoms with Gasteiger partial charge in [-0.2, -0.15) is 0 Å². The fourth-order valence-electron chi connectivity index (χ4n) is 3.01. The van der Waals surface area contributed by atoms with E-state index in [9.17, 15) is 13.2 Å². The summed E-state index contributed by atoms with van der Waals surface area (Å²) < 4.78 is 23.0. The van der Waals surface area contributed by atoms with Gasteiger partial charge < -0.3 is 4.90 Å². The van der Waals surface area contributed by atoms with Gasteiger partial charge in [0.25, 0.3) is 0 Å². The molecule has 1 saturated carbocycles. The number of sulfone groups is 1. The van der Waals surface area contributed by atoms with E-state index in [1.54, 1.807) is 0 Å². The van der Waals surface area contributed by atoms with Gasteiger partial charge in [0.1, 0.15) is 9.84 Å². The van der Waals surface area contributed by atoms with Crippen LogP contribution in [0.15, 0.2) is 24.3 Å². The Hall–Kier alpha value is -1.36. The van der Waals surface area contributed by atoms with E-state index in [4.69, 9.17) is 0 Å². The minimum atomic E-state index is -3.07. The van der Waals surface area contributed by atoms with E-state index in [1.165, 1.54) is 17.4 Å². The maximum Gasteiger partial charge on any atom is 0.223 e. The summed E-state index contributed by atoms with van der Waals surface area (Å²) in [6, 6.07) is 8.39. The number of hydrogen-bond acceptors (Lipinski definition) is 3. The first-order chi connectivity index (χ1) is 10.8. The number of carbonyl (C=O) groups excluding carboxylic acids is 1. The second kappa shape index (κ2) is 7.47. The molecule has 0 N–H and O–H groups in total. The van der Waals surface area contributed by atoms with Crippen LogP contribution >= 0.6 is 0 Å². The van der Waals surface area contributed by atoms with E-state index >= 15 is 0 Å². The third-order valence-corrected chi connectivity index (χ3v) is 5.31. The highest BCUT2D eigenvalue weighted by Crippen LogP contribution is 2.30. The molecule has 0 spiro atoms. The SMILES string of the molecule is Cc1ccc(CCCC(=O)N(C2CC2)[C@@H](C)CS(C)(=O)=O)cc1. The Labute approximate surface area is 139 Å². The predicted octanol–water partition coefficient (Wildman–Crippen LogP) is 2.74.